The summed E-state index contributed by atoms with van der Waals surface area (Å²) in [6.45, 7) is 1.63. The van der Waals surface area contributed by atoms with Gasteiger partial charge in [-0.25, -0.2) is 0 Å². The van der Waals surface area contributed by atoms with Gasteiger partial charge in [-0.15, -0.1) is 0 Å². The van der Waals surface area contributed by atoms with Crippen LogP contribution in [0, 0.1) is 16.0 Å². The highest BCUT2D eigenvalue weighted by molar-refractivity contribution is 5.41. The molecule has 0 aliphatic carbocycles. The van der Waals surface area contributed by atoms with Crippen LogP contribution in [0.1, 0.15) is 25.0 Å². The van der Waals surface area contributed by atoms with Crippen LogP contribution in [0.3, 0.4) is 0 Å². The smallest absolute Gasteiger partial charge is 0.275 e. The summed E-state index contributed by atoms with van der Waals surface area (Å²) in [5.41, 5.74) is 0.148. The monoisotopic (exact) mass is 225 g/mol. The van der Waals surface area contributed by atoms with Crippen molar-refractivity contribution in [1.29, 1.82) is 0 Å². The average molecular weight is 225 g/mol. The van der Waals surface area contributed by atoms with Crippen LogP contribution in [0.2, 0.25) is 0 Å². The molecule has 0 aromatic heterocycles. The van der Waals surface area contributed by atoms with Gasteiger partial charge in [0.25, 0.3) is 5.69 Å². The van der Waals surface area contributed by atoms with Crippen molar-refractivity contribution < 1.29 is 15.1 Å². The van der Waals surface area contributed by atoms with Crippen molar-refractivity contribution in [3.8, 4) is 0 Å². The van der Waals surface area contributed by atoms with E-state index >= 15 is 0 Å². The van der Waals surface area contributed by atoms with Gasteiger partial charge >= 0.3 is 0 Å². The third-order valence-electron chi connectivity index (χ3n) is 2.66. The maximum absolute atomic E-state index is 10.8. The highest BCUT2D eigenvalue weighted by Crippen LogP contribution is 2.30. The molecule has 2 N–H and O–H groups in total. The number of hydrogen-bond acceptors (Lipinski definition) is 4. The lowest BCUT2D eigenvalue weighted by Gasteiger charge is -2.19. The first-order valence-corrected chi connectivity index (χ1v) is 5.14. The molecule has 2 atom stereocenters. The molecule has 0 saturated carbocycles. The molecule has 5 heteroatoms. The number of aliphatic hydroxyl groups is 2. The highest BCUT2D eigenvalue weighted by Gasteiger charge is 2.25. The van der Waals surface area contributed by atoms with E-state index < -0.39 is 11.0 Å². The molecular weight excluding hydrogens is 210 g/mol. The lowest BCUT2D eigenvalue weighted by molar-refractivity contribution is -0.386. The molecule has 0 radical (unpaired) electrons. The first kappa shape index (κ1) is 12.6. The number of rotatable bonds is 5. The van der Waals surface area contributed by atoms with Gasteiger partial charge in [-0.2, -0.15) is 0 Å². The fourth-order valence-electron chi connectivity index (χ4n) is 1.61. The summed E-state index contributed by atoms with van der Waals surface area (Å²) < 4.78 is 0. The molecule has 88 valence electrons. The Morgan fingerprint density at radius 2 is 2.06 bits per heavy atom. The standard InChI is InChI=1S/C11H15NO4/c1-2-8(7-13)11(14)9-5-3-4-6-10(9)12(15)16/h3-6,8,11,13-14H,2,7H2,1H3/t8-,11-/m1/s1. The minimum atomic E-state index is -1.00. The van der Waals surface area contributed by atoms with E-state index in [0.29, 0.717) is 6.42 Å². The zero-order valence-electron chi connectivity index (χ0n) is 9.04. The van der Waals surface area contributed by atoms with Crippen molar-refractivity contribution in [2.24, 2.45) is 5.92 Å². The minimum Gasteiger partial charge on any atom is -0.396 e. The van der Waals surface area contributed by atoms with E-state index in [9.17, 15) is 15.2 Å². The topological polar surface area (TPSA) is 83.6 Å². The fraction of sp³-hybridized carbons (Fsp3) is 0.455. The summed E-state index contributed by atoms with van der Waals surface area (Å²) in [6.07, 6.45) is -0.444. The van der Waals surface area contributed by atoms with Crippen molar-refractivity contribution in [2.45, 2.75) is 19.4 Å². The summed E-state index contributed by atoms with van der Waals surface area (Å²) in [4.78, 5) is 10.2. The van der Waals surface area contributed by atoms with Gasteiger partial charge < -0.3 is 10.2 Å². The molecule has 1 aromatic carbocycles. The van der Waals surface area contributed by atoms with Crippen LogP contribution >= 0.6 is 0 Å². The second-order valence-electron chi connectivity index (χ2n) is 3.61. The first-order chi connectivity index (χ1) is 7.61. The van der Waals surface area contributed by atoms with Crippen LogP contribution in [0.4, 0.5) is 5.69 Å². The van der Waals surface area contributed by atoms with Crippen molar-refractivity contribution in [1.82, 2.24) is 0 Å². The van der Waals surface area contributed by atoms with E-state index in [4.69, 9.17) is 5.11 Å². The van der Waals surface area contributed by atoms with Gasteiger partial charge in [0, 0.05) is 18.6 Å². The maximum atomic E-state index is 10.8. The predicted molar refractivity (Wildman–Crippen MR) is 58.9 cm³/mol. The lowest BCUT2D eigenvalue weighted by Crippen LogP contribution is -2.16. The molecule has 0 heterocycles. The van der Waals surface area contributed by atoms with Crippen molar-refractivity contribution >= 4 is 5.69 Å². The summed E-state index contributed by atoms with van der Waals surface area (Å²) >= 11 is 0. The molecule has 0 fully saturated rings. The number of aliphatic hydroxyl groups excluding tert-OH is 2. The Morgan fingerprint density at radius 3 is 2.56 bits per heavy atom. The quantitative estimate of drug-likeness (QED) is 0.589. The summed E-state index contributed by atoms with van der Waals surface area (Å²) in [5.74, 6) is -0.374. The zero-order chi connectivity index (χ0) is 12.1. The molecular formula is C11H15NO4. The molecule has 1 rings (SSSR count). The van der Waals surface area contributed by atoms with E-state index in [1.54, 1.807) is 12.1 Å². The first-order valence-electron chi connectivity index (χ1n) is 5.14. The number of nitro benzene ring substituents is 1. The van der Waals surface area contributed by atoms with Gasteiger partial charge in [-0.1, -0.05) is 19.1 Å². The van der Waals surface area contributed by atoms with Crippen LogP contribution in [0.25, 0.3) is 0 Å². The number of hydrogen-bond donors (Lipinski definition) is 2. The van der Waals surface area contributed by atoms with Crippen LogP contribution in [0.5, 0.6) is 0 Å². The number of nitrogens with zero attached hydrogens (tertiary/aromatic N) is 1. The van der Waals surface area contributed by atoms with Crippen LogP contribution in [-0.4, -0.2) is 21.7 Å². The van der Waals surface area contributed by atoms with Gasteiger partial charge in [0.1, 0.15) is 0 Å². The Kier molecular flexibility index (Phi) is 4.39. The van der Waals surface area contributed by atoms with Crippen LogP contribution < -0.4 is 0 Å². The normalized spacial score (nSPS) is 14.4. The molecule has 0 amide bonds. The maximum Gasteiger partial charge on any atom is 0.275 e. The van der Waals surface area contributed by atoms with Crippen LogP contribution in [0.15, 0.2) is 24.3 Å². The molecule has 0 unspecified atom stereocenters. The summed E-state index contributed by atoms with van der Waals surface area (Å²) in [6, 6.07) is 6.05. The third-order valence-corrected chi connectivity index (χ3v) is 2.66. The minimum absolute atomic E-state index is 0.109. The number of nitro groups is 1. The van der Waals surface area contributed by atoms with Gasteiger partial charge in [-0.05, 0) is 12.5 Å². The Balaban J connectivity index is 3.07. The third kappa shape index (κ3) is 2.56. The van der Waals surface area contributed by atoms with E-state index in [1.807, 2.05) is 6.92 Å². The Morgan fingerprint density at radius 1 is 1.44 bits per heavy atom. The SMILES string of the molecule is CC[C@H](CO)[C@@H](O)c1ccccc1[N+](=O)[O-]. The van der Waals surface area contributed by atoms with Gasteiger partial charge in [0.15, 0.2) is 0 Å². The molecule has 0 saturated heterocycles. The van der Waals surface area contributed by atoms with E-state index in [0.717, 1.165) is 0 Å². The van der Waals surface area contributed by atoms with E-state index in [1.165, 1.54) is 12.1 Å². The molecule has 0 aliphatic heterocycles. The zero-order valence-corrected chi connectivity index (χ0v) is 9.04. The van der Waals surface area contributed by atoms with Gasteiger partial charge in [0.2, 0.25) is 0 Å². The molecule has 0 aliphatic rings. The predicted octanol–water partition coefficient (Wildman–Crippen LogP) is 1.65. The summed E-state index contributed by atoms with van der Waals surface area (Å²) in [7, 11) is 0. The van der Waals surface area contributed by atoms with Crippen molar-refractivity contribution in [3.63, 3.8) is 0 Å². The van der Waals surface area contributed by atoms with Crippen molar-refractivity contribution in [2.75, 3.05) is 6.61 Å². The van der Waals surface area contributed by atoms with E-state index in [-0.39, 0.29) is 23.8 Å². The van der Waals surface area contributed by atoms with Gasteiger partial charge in [0.05, 0.1) is 16.6 Å². The molecule has 16 heavy (non-hydrogen) atoms. The lowest BCUT2D eigenvalue weighted by atomic mass is 9.93. The molecule has 0 bridgehead atoms. The Hall–Kier alpha value is -1.46. The second kappa shape index (κ2) is 5.58. The van der Waals surface area contributed by atoms with Crippen molar-refractivity contribution in [3.05, 3.63) is 39.9 Å². The number of para-hydroxylation sites is 1. The molecule has 1 aromatic rings. The number of benzene rings is 1. The summed E-state index contributed by atoms with van der Waals surface area (Å²) in [5, 5.41) is 29.8. The van der Waals surface area contributed by atoms with E-state index in [2.05, 4.69) is 0 Å². The average Bonchev–Trinajstić information content (AvgIpc) is 2.30. The highest BCUT2D eigenvalue weighted by atomic mass is 16.6. The Labute approximate surface area is 93.5 Å². The Bertz CT molecular complexity index is 363. The van der Waals surface area contributed by atoms with Gasteiger partial charge in [-0.3, -0.25) is 10.1 Å². The fourth-order valence-corrected chi connectivity index (χ4v) is 1.61. The largest absolute Gasteiger partial charge is 0.396 e. The molecule has 0 spiro atoms. The second-order valence-corrected chi connectivity index (χ2v) is 3.61. The molecule has 5 nitrogen and oxygen atoms in total. The van der Waals surface area contributed by atoms with Crippen LogP contribution in [-0.2, 0) is 0 Å².